The smallest absolute Gasteiger partial charge is 0.266 e. The van der Waals surface area contributed by atoms with Crippen LogP contribution in [0, 0.1) is 0 Å². The zero-order valence-corrected chi connectivity index (χ0v) is 18.5. The zero-order valence-electron chi connectivity index (χ0n) is 18.5. The predicted molar refractivity (Wildman–Crippen MR) is 136 cm³/mol. The summed E-state index contributed by atoms with van der Waals surface area (Å²) in [7, 11) is 0. The highest BCUT2D eigenvalue weighted by atomic mass is 16.3. The molecule has 0 aliphatic carbocycles. The lowest BCUT2D eigenvalue weighted by Crippen LogP contribution is -2.29. The number of amides is 2. The van der Waals surface area contributed by atoms with Crippen LogP contribution in [0.2, 0.25) is 0 Å². The van der Waals surface area contributed by atoms with Crippen LogP contribution in [0.1, 0.15) is 20.7 Å². The number of fused-ring (bicyclic) bond motifs is 2. The molecular weight excluding hydrogens is 438 g/mol. The Bertz CT molecular complexity index is 1520. The number of aromatic hydroxyl groups is 2. The third-order valence-electron chi connectivity index (χ3n) is 6.38. The molecule has 0 atom stereocenters. The van der Waals surface area contributed by atoms with Crippen molar-refractivity contribution in [3.05, 3.63) is 114 Å². The maximum Gasteiger partial charge on any atom is 0.266 e. The summed E-state index contributed by atoms with van der Waals surface area (Å²) in [5.74, 6) is -0.567. The molecule has 2 N–H and O–H groups in total. The van der Waals surface area contributed by atoms with Crippen LogP contribution in [0.15, 0.2) is 103 Å². The summed E-state index contributed by atoms with van der Waals surface area (Å²) in [5.41, 5.74) is 3.89. The number of phenolic OH excluding ortho intramolecular Hbond substituents is 2. The van der Waals surface area contributed by atoms with Crippen LogP contribution in [-0.4, -0.2) is 22.0 Å². The molecule has 0 radical (unpaired) electrons. The molecule has 5 aromatic rings. The highest BCUT2D eigenvalue weighted by Gasteiger charge is 2.42. The van der Waals surface area contributed by atoms with Crippen molar-refractivity contribution in [1.82, 2.24) is 0 Å². The Morgan fingerprint density at radius 3 is 1.29 bits per heavy atom. The Hall–Kier alpha value is -4.90. The average Bonchev–Trinajstić information content (AvgIpc) is 3.14. The molecule has 5 aromatic carbocycles. The number of anilines is 1. The molecule has 168 valence electrons. The number of hydrogen-bond donors (Lipinski definition) is 2. The van der Waals surface area contributed by atoms with Crippen LogP contribution in [0.3, 0.4) is 0 Å². The van der Waals surface area contributed by atoms with Crippen molar-refractivity contribution in [2.45, 2.75) is 0 Å². The van der Waals surface area contributed by atoms with Gasteiger partial charge in [0.15, 0.2) is 0 Å². The van der Waals surface area contributed by atoms with E-state index in [4.69, 9.17) is 0 Å². The molecule has 0 aromatic heterocycles. The Morgan fingerprint density at radius 2 is 0.857 bits per heavy atom. The molecule has 0 bridgehead atoms. The molecule has 1 aliphatic heterocycles. The first-order valence-electron chi connectivity index (χ1n) is 11.2. The van der Waals surface area contributed by atoms with Gasteiger partial charge in [-0.05, 0) is 58.3 Å². The van der Waals surface area contributed by atoms with E-state index in [1.807, 2.05) is 30.3 Å². The summed E-state index contributed by atoms with van der Waals surface area (Å²) >= 11 is 0. The van der Waals surface area contributed by atoms with E-state index in [0.717, 1.165) is 21.9 Å². The van der Waals surface area contributed by atoms with Gasteiger partial charge in [0, 0.05) is 11.1 Å². The lowest BCUT2D eigenvalue weighted by Gasteiger charge is -2.17. The SMILES string of the molecule is O=C1c2c(c(-c3ccc(O)cc3)c3ccccc3c2-c2ccc(O)cc2)C(=O)N1c1ccccc1. The summed E-state index contributed by atoms with van der Waals surface area (Å²) in [5, 5.41) is 21.4. The molecule has 2 amide bonds. The van der Waals surface area contributed by atoms with E-state index < -0.39 is 11.8 Å². The highest BCUT2D eigenvalue weighted by Crippen LogP contribution is 2.46. The largest absolute Gasteiger partial charge is 0.508 e. The Morgan fingerprint density at radius 1 is 0.457 bits per heavy atom. The monoisotopic (exact) mass is 457 g/mol. The zero-order chi connectivity index (χ0) is 24.1. The molecule has 0 fully saturated rings. The quantitative estimate of drug-likeness (QED) is 0.308. The second kappa shape index (κ2) is 7.85. The number of para-hydroxylation sites is 1. The van der Waals surface area contributed by atoms with Gasteiger partial charge in [-0.1, -0.05) is 66.7 Å². The third kappa shape index (κ3) is 3.17. The van der Waals surface area contributed by atoms with Crippen molar-refractivity contribution < 1.29 is 19.8 Å². The molecule has 35 heavy (non-hydrogen) atoms. The van der Waals surface area contributed by atoms with Gasteiger partial charge in [0.1, 0.15) is 11.5 Å². The number of carbonyl (C=O) groups is 2. The van der Waals surface area contributed by atoms with E-state index in [-0.39, 0.29) is 11.5 Å². The van der Waals surface area contributed by atoms with Crippen LogP contribution in [0.4, 0.5) is 5.69 Å². The maximum atomic E-state index is 14.0. The normalized spacial score (nSPS) is 12.9. The van der Waals surface area contributed by atoms with Crippen molar-refractivity contribution in [1.29, 1.82) is 0 Å². The van der Waals surface area contributed by atoms with Crippen LogP contribution in [-0.2, 0) is 0 Å². The number of rotatable bonds is 3. The first-order chi connectivity index (χ1) is 17.0. The van der Waals surface area contributed by atoms with E-state index in [2.05, 4.69) is 0 Å². The van der Waals surface area contributed by atoms with Gasteiger partial charge in [0.25, 0.3) is 11.8 Å². The fraction of sp³-hybridized carbons (Fsp3) is 0. The average molecular weight is 457 g/mol. The summed E-state index contributed by atoms with van der Waals surface area (Å²) in [4.78, 5) is 29.2. The van der Waals surface area contributed by atoms with E-state index >= 15 is 0 Å². The van der Waals surface area contributed by atoms with Crippen molar-refractivity contribution in [2.75, 3.05) is 4.90 Å². The van der Waals surface area contributed by atoms with Gasteiger partial charge in [-0.15, -0.1) is 0 Å². The number of nitrogens with zero attached hydrogens (tertiary/aromatic N) is 1. The molecule has 5 nitrogen and oxygen atoms in total. The van der Waals surface area contributed by atoms with Gasteiger partial charge in [-0.25, -0.2) is 4.90 Å². The second-order valence-electron chi connectivity index (χ2n) is 8.42. The molecule has 0 spiro atoms. The summed E-state index contributed by atoms with van der Waals surface area (Å²) in [6, 6.07) is 29.8. The van der Waals surface area contributed by atoms with Gasteiger partial charge < -0.3 is 10.2 Å². The molecule has 0 saturated carbocycles. The van der Waals surface area contributed by atoms with Crippen molar-refractivity contribution in [2.24, 2.45) is 0 Å². The van der Waals surface area contributed by atoms with Gasteiger partial charge >= 0.3 is 0 Å². The topological polar surface area (TPSA) is 77.8 Å². The van der Waals surface area contributed by atoms with Crippen molar-refractivity contribution >= 4 is 28.3 Å². The molecule has 0 saturated heterocycles. The Kier molecular flexibility index (Phi) is 4.64. The van der Waals surface area contributed by atoms with Crippen LogP contribution < -0.4 is 4.90 Å². The first-order valence-corrected chi connectivity index (χ1v) is 11.2. The molecule has 1 aliphatic rings. The number of hydrogen-bond acceptors (Lipinski definition) is 4. The third-order valence-corrected chi connectivity index (χ3v) is 6.38. The van der Waals surface area contributed by atoms with Crippen molar-refractivity contribution in [3.8, 4) is 33.8 Å². The molecule has 5 heteroatoms. The number of imide groups is 1. The van der Waals surface area contributed by atoms with Gasteiger partial charge in [-0.3, -0.25) is 9.59 Å². The minimum absolute atomic E-state index is 0.115. The molecule has 0 unspecified atom stereocenters. The number of phenols is 2. The standard InChI is InChI=1S/C30H19NO4/c32-21-14-10-18(11-15-21)25-23-8-4-5-9-24(23)26(19-12-16-22(33)17-13-19)28-27(25)29(34)31(30(28)35)20-6-2-1-3-7-20/h1-17,32-33H. The highest BCUT2D eigenvalue weighted by molar-refractivity contribution is 6.40. The molecule has 1 heterocycles. The number of carbonyl (C=O) groups excluding carboxylic acids is 2. The van der Waals surface area contributed by atoms with Gasteiger partial charge in [0.2, 0.25) is 0 Å². The summed E-state index contributed by atoms with van der Waals surface area (Å²) in [6.45, 7) is 0. The lowest BCUT2D eigenvalue weighted by molar-refractivity contribution is 0.0926. The second-order valence-corrected chi connectivity index (χ2v) is 8.42. The molecule has 6 rings (SSSR count). The maximum absolute atomic E-state index is 14.0. The van der Waals surface area contributed by atoms with Crippen LogP contribution in [0.25, 0.3) is 33.0 Å². The minimum atomic E-state index is -0.398. The molecular formula is C30H19NO4. The Balaban J connectivity index is 1.76. The first kappa shape index (κ1) is 20.7. The summed E-state index contributed by atoms with van der Waals surface area (Å²) < 4.78 is 0. The minimum Gasteiger partial charge on any atom is -0.508 e. The predicted octanol–water partition coefficient (Wildman–Crippen LogP) is 6.39. The van der Waals surface area contributed by atoms with E-state index in [9.17, 15) is 19.8 Å². The number of benzene rings is 5. The Labute approximate surface area is 201 Å². The van der Waals surface area contributed by atoms with Gasteiger partial charge in [-0.2, -0.15) is 0 Å². The fourth-order valence-electron chi connectivity index (χ4n) is 4.85. The van der Waals surface area contributed by atoms with Crippen LogP contribution in [0.5, 0.6) is 11.5 Å². The lowest BCUT2D eigenvalue weighted by atomic mass is 9.84. The van der Waals surface area contributed by atoms with E-state index in [1.54, 1.807) is 72.8 Å². The van der Waals surface area contributed by atoms with Crippen molar-refractivity contribution in [3.63, 3.8) is 0 Å². The van der Waals surface area contributed by atoms with Crippen LogP contribution >= 0.6 is 0 Å². The summed E-state index contributed by atoms with van der Waals surface area (Å²) in [6.07, 6.45) is 0. The van der Waals surface area contributed by atoms with E-state index in [0.29, 0.717) is 27.9 Å². The fourth-order valence-corrected chi connectivity index (χ4v) is 4.85. The van der Waals surface area contributed by atoms with E-state index in [1.165, 1.54) is 4.90 Å². The van der Waals surface area contributed by atoms with Gasteiger partial charge in [0.05, 0.1) is 16.8 Å².